The number of rotatable bonds is 2. The minimum Gasteiger partial charge on any atom is -0.307 e. The maximum Gasteiger partial charge on any atom is 0.257 e. The Bertz CT molecular complexity index is 766. The molecule has 0 fully saturated rings. The first-order valence-corrected chi connectivity index (χ1v) is 7.08. The van der Waals surface area contributed by atoms with Crippen LogP contribution in [0.5, 0.6) is 0 Å². The van der Waals surface area contributed by atoms with Crippen molar-refractivity contribution in [1.82, 2.24) is 9.97 Å². The number of nitrogens with zero attached hydrogens (tertiary/aromatic N) is 2. The average molecular weight is 375 g/mol. The van der Waals surface area contributed by atoms with Crippen LogP contribution in [0.3, 0.4) is 0 Å². The fourth-order valence-electron chi connectivity index (χ4n) is 1.93. The number of fused-ring (bicyclic) bond motifs is 1. The standard InChI is InChI=1S/C15H10IN3O/c16-10-6-7-14(18-9-10)19-15(20)12-3-1-5-13-11(12)4-2-8-17-13/h1-9H,(H,18,19,20). The molecule has 0 spiro atoms. The largest absolute Gasteiger partial charge is 0.307 e. The lowest BCUT2D eigenvalue weighted by atomic mass is 10.1. The highest BCUT2D eigenvalue weighted by molar-refractivity contribution is 14.1. The van der Waals surface area contributed by atoms with Gasteiger partial charge < -0.3 is 5.32 Å². The maximum atomic E-state index is 12.3. The topological polar surface area (TPSA) is 54.9 Å². The Labute approximate surface area is 129 Å². The average Bonchev–Trinajstić information content (AvgIpc) is 2.49. The lowest BCUT2D eigenvalue weighted by Crippen LogP contribution is -2.13. The second-order valence-corrected chi connectivity index (χ2v) is 5.44. The normalized spacial score (nSPS) is 10.4. The van der Waals surface area contributed by atoms with Gasteiger partial charge >= 0.3 is 0 Å². The molecule has 1 amide bonds. The van der Waals surface area contributed by atoms with Crippen LogP contribution in [-0.2, 0) is 0 Å². The molecule has 3 rings (SSSR count). The maximum absolute atomic E-state index is 12.3. The monoisotopic (exact) mass is 375 g/mol. The molecule has 20 heavy (non-hydrogen) atoms. The number of hydrogen-bond donors (Lipinski definition) is 1. The van der Waals surface area contributed by atoms with Crippen molar-refractivity contribution in [3.05, 3.63) is 64.0 Å². The van der Waals surface area contributed by atoms with Crippen LogP contribution in [0.25, 0.3) is 10.9 Å². The summed E-state index contributed by atoms with van der Waals surface area (Å²) in [6, 6.07) is 12.9. The Kier molecular flexibility index (Phi) is 3.60. The van der Waals surface area contributed by atoms with E-state index in [0.717, 1.165) is 14.5 Å². The van der Waals surface area contributed by atoms with Gasteiger partial charge in [-0.05, 0) is 52.9 Å². The molecule has 0 aliphatic heterocycles. The molecule has 98 valence electrons. The Morgan fingerprint density at radius 3 is 2.75 bits per heavy atom. The van der Waals surface area contributed by atoms with Crippen LogP contribution in [0.2, 0.25) is 0 Å². The third-order valence-electron chi connectivity index (χ3n) is 2.86. The molecule has 4 nitrogen and oxygen atoms in total. The summed E-state index contributed by atoms with van der Waals surface area (Å²) in [5.74, 6) is 0.355. The predicted molar refractivity (Wildman–Crippen MR) is 86.7 cm³/mol. The molecule has 0 saturated heterocycles. The van der Waals surface area contributed by atoms with E-state index in [2.05, 4.69) is 37.9 Å². The van der Waals surface area contributed by atoms with Crippen LogP contribution >= 0.6 is 22.6 Å². The van der Waals surface area contributed by atoms with E-state index in [4.69, 9.17) is 0 Å². The van der Waals surface area contributed by atoms with Crippen molar-refractivity contribution >= 4 is 45.2 Å². The van der Waals surface area contributed by atoms with Gasteiger partial charge in [-0.15, -0.1) is 0 Å². The summed E-state index contributed by atoms with van der Waals surface area (Å²) in [5, 5.41) is 3.63. The predicted octanol–water partition coefficient (Wildman–Crippen LogP) is 3.49. The van der Waals surface area contributed by atoms with Crippen molar-refractivity contribution in [2.24, 2.45) is 0 Å². The van der Waals surface area contributed by atoms with Crippen LogP contribution < -0.4 is 5.32 Å². The molecule has 1 N–H and O–H groups in total. The molecule has 5 heteroatoms. The van der Waals surface area contributed by atoms with Gasteiger partial charge in [0.1, 0.15) is 5.82 Å². The van der Waals surface area contributed by atoms with Gasteiger partial charge in [0.05, 0.1) is 5.52 Å². The van der Waals surface area contributed by atoms with Crippen molar-refractivity contribution in [2.45, 2.75) is 0 Å². The van der Waals surface area contributed by atoms with Gasteiger partial charge in [-0.2, -0.15) is 0 Å². The first kappa shape index (κ1) is 13.0. The lowest BCUT2D eigenvalue weighted by Gasteiger charge is -2.07. The van der Waals surface area contributed by atoms with E-state index >= 15 is 0 Å². The number of carbonyl (C=O) groups is 1. The van der Waals surface area contributed by atoms with E-state index in [1.54, 1.807) is 24.5 Å². The third-order valence-corrected chi connectivity index (χ3v) is 3.50. The number of nitrogens with one attached hydrogen (secondary N) is 1. The summed E-state index contributed by atoms with van der Waals surface area (Å²) < 4.78 is 1.02. The number of amides is 1. The minimum absolute atomic E-state index is 0.183. The number of aromatic nitrogens is 2. The zero-order valence-electron chi connectivity index (χ0n) is 10.4. The number of hydrogen-bond acceptors (Lipinski definition) is 3. The molecule has 0 aliphatic carbocycles. The van der Waals surface area contributed by atoms with E-state index in [9.17, 15) is 4.79 Å². The molecule has 0 unspecified atom stereocenters. The van der Waals surface area contributed by atoms with Gasteiger partial charge in [0.25, 0.3) is 5.91 Å². The molecule has 0 aliphatic rings. The zero-order valence-corrected chi connectivity index (χ0v) is 12.5. The van der Waals surface area contributed by atoms with Crippen molar-refractivity contribution < 1.29 is 4.79 Å². The van der Waals surface area contributed by atoms with Crippen LogP contribution in [0.15, 0.2) is 54.9 Å². The van der Waals surface area contributed by atoms with Crippen LogP contribution in [0.1, 0.15) is 10.4 Å². The highest BCUT2D eigenvalue weighted by Gasteiger charge is 2.10. The van der Waals surface area contributed by atoms with Crippen molar-refractivity contribution in [3.8, 4) is 0 Å². The molecule has 0 atom stereocenters. The fraction of sp³-hybridized carbons (Fsp3) is 0. The fourth-order valence-corrected chi connectivity index (χ4v) is 2.25. The molecule has 1 aromatic carbocycles. The highest BCUT2D eigenvalue weighted by Crippen LogP contribution is 2.17. The number of halogens is 1. The summed E-state index contributed by atoms with van der Waals surface area (Å²) in [5.41, 5.74) is 1.40. The Balaban J connectivity index is 1.94. The highest BCUT2D eigenvalue weighted by atomic mass is 127. The SMILES string of the molecule is O=C(Nc1ccc(I)cn1)c1cccc2ncccc12. The lowest BCUT2D eigenvalue weighted by molar-refractivity contribution is 0.102. The quantitative estimate of drug-likeness (QED) is 0.698. The number of pyridine rings is 2. The first-order valence-electron chi connectivity index (χ1n) is 6.01. The van der Waals surface area contributed by atoms with Gasteiger partial charge in [-0.3, -0.25) is 9.78 Å². The number of anilines is 1. The second-order valence-electron chi connectivity index (χ2n) is 4.19. The van der Waals surface area contributed by atoms with Crippen molar-refractivity contribution in [1.29, 1.82) is 0 Å². The van der Waals surface area contributed by atoms with Gasteiger partial charge in [0, 0.05) is 26.9 Å². The third kappa shape index (κ3) is 2.62. The van der Waals surface area contributed by atoms with Gasteiger partial charge in [-0.1, -0.05) is 12.1 Å². The Hall–Kier alpha value is -2.02. The van der Waals surface area contributed by atoms with E-state index in [0.29, 0.717) is 11.4 Å². The second kappa shape index (κ2) is 5.54. The minimum atomic E-state index is -0.183. The molecule has 2 heterocycles. The summed E-state index contributed by atoms with van der Waals surface area (Å²) >= 11 is 2.17. The summed E-state index contributed by atoms with van der Waals surface area (Å²) in [7, 11) is 0. The van der Waals surface area contributed by atoms with E-state index in [1.165, 1.54) is 0 Å². The van der Waals surface area contributed by atoms with Crippen LogP contribution in [0, 0.1) is 3.57 Å². The first-order chi connectivity index (χ1) is 9.74. The number of benzene rings is 1. The van der Waals surface area contributed by atoms with Crippen molar-refractivity contribution in [2.75, 3.05) is 5.32 Å². The van der Waals surface area contributed by atoms with Gasteiger partial charge in [0.2, 0.25) is 0 Å². The van der Waals surface area contributed by atoms with Crippen molar-refractivity contribution in [3.63, 3.8) is 0 Å². The molecule has 2 aromatic heterocycles. The van der Waals surface area contributed by atoms with Gasteiger partial charge in [0.15, 0.2) is 0 Å². The molecular weight excluding hydrogens is 365 g/mol. The molecule has 0 saturated carbocycles. The Morgan fingerprint density at radius 1 is 1.05 bits per heavy atom. The summed E-state index contributed by atoms with van der Waals surface area (Å²) in [4.78, 5) is 20.7. The smallest absolute Gasteiger partial charge is 0.257 e. The van der Waals surface area contributed by atoms with Crippen LogP contribution in [0.4, 0.5) is 5.82 Å². The summed E-state index contributed by atoms with van der Waals surface area (Å²) in [6.45, 7) is 0. The van der Waals surface area contributed by atoms with E-state index in [-0.39, 0.29) is 5.91 Å². The number of carbonyl (C=O) groups excluding carboxylic acids is 1. The molecule has 0 radical (unpaired) electrons. The molecular formula is C15H10IN3O. The van der Waals surface area contributed by atoms with Crippen LogP contribution in [-0.4, -0.2) is 15.9 Å². The molecule has 0 bridgehead atoms. The Morgan fingerprint density at radius 2 is 1.95 bits per heavy atom. The zero-order chi connectivity index (χ0) is 13.9. The molecule has 3 aromatic rings. The van der Waals surface area contributed by atoms with E-state index < -0.39 is 0 Å². The van der Waals surface area contributed by atoms with E-state index in [1.807, 2.05) is 30.3 Å². The van der Waals surface area contributed by atoms with Gasteiger partial charge in [-0.25, -0.2) is 4.98 Å². The summed E-state index contributed by atoms with van der Waals surface area (Å²) in [6.07, 6.45) is 3.42.